The maximum Gasteiger partial charge on any atom is 0.0780 e. The van der Waals surface area contributed by atoms with Crippen molar-refractivity contribution in [3.05, 3.63) is 66.9 Å². The highest BCUT2D eigenvalue weighted by Crippen LogP contribution is 2.25. The van der Waals surface area contributed by atoms with E-state index in [0.717, 1.165) is 17.5 Å². The van der Waals surface area contributed by atoms with E-state index >= 15 is 0 Å². The average molecular weight is 322 g/mol. The molecule has 1 aromatic heterocycles. The number of hydrogen-bond acceptors (Lipinski definition) is 1. The van der Waals surface area contributed by atoms with Gasteiger partial charge in [0.2, 0.25) is 0 Å². The molecule has 1 nitrogen and oxygen atoms in total. The normalized spacial score (nSPS) is 10.0. The van der Waals surface area contributed by atoms with Gasteiger partial charge < -0.3 is 0 Å². The summed E-state index contributed by atoms with van der Waals surface area (Å²) < 4.78 is 0. The second kappa shape index (κ2) is 10.6. The Morgan fingerprint density at radius 2 is 1.21 bits per heavy atom. The van der Waals surface area contributed by atoms with Gasteiger partial charge in [0.05, 0.1) is 5.69 Å². The summed E-state index contributed by atoms with van der Waals surface area (Å²) in [6.07, 6.45) is 1.87. The van der Waals surface area contributed by atoms with Gasteiger partial charge in [0.25, 0.3) is 0 Å². The molecule has 0 unspecified atom stereocenters. The number of rotatable bonds is 2. The van der Waals surface area contributed by atoms with Gasteiger partial charge in [0.15, 0.2) is 0 Å². The third-order valence-electron chi connectivity index (χ3n) is 4.05. The first kappa shape index (κ1) is 19.9. The smallest absolute Gasteiger partial charge is 0.0780 e. The molecule has 0 aliphatic rings. The summed E-state index contributed by atoms with van der Waals surface area (Å²) in [7, 11) is 0. The quantitative estimate of drug-likeness (QED) is 0.485. The molecule has 0 aliphatic carbocycles. The minimum absolute atomic E-state index is 0.852. The highest BCUT2D eigenvalue weighted by Gasteiger charge is 2.03. The Hall–Kier alpha value is -2.15. The fourth-order valence-electron chi connectivity index (χ4n) is 1.95. The summed E-state index contributed by atoms with van der Waals surface area (Å²) in [5.74, 6) is 1.70. The molecule has 0 radical (unpaired) electrons. The monoisotopic (exact) mass is 321 g/mol. The molecule has 24 heavy (non-hydrogen) atoms. The van der Waals surface area contributed by atoms with E-state index in [1.54, 1.807) is 0 Å². The Bertz CT molecular complexity index is 688. The van der Waals surface area contributed by atoms with Crippen LogP contribution in [0.25, 0.3) is 22.0 Å². The van der Waals surface area contributed by atoms with E-state index in [9.17, 15) is 0 Å². The van der Waals surface area contributed by atoms with E-state index in [-0.39, 0.29) is 0 Å². The van der Waals surface area contributed by atoms with Crippen LogP contribution >= 0.6 is 0 Å². The van der Waals surface area contributed by atoms with Gasteiger partial charge in [0, 0.05) is 17.1 Å². The molecule has 1 heterocycles. The number of fused-ring (bicyclic) bond motifs is 1. The van der Waals surface area contributed by atoms with E-state index in [1.807, 2.05) is 44.3 Å². The summed E-state index contributed by atoms with van der Waals surface area (Å²) in [5.41, 5.74) is 2.22. The maximum atomic E-state index is 4.48. The number of aromatic nitrogens is 1. The van der Waals surface area contributed by atoms with Crippen LogP contribution in [0.15, 0.2) is 66.9 Å². The Kier molecular flexibility index (Phi) is 8.78. The molecule has 2 aromatic carbocycles. The molecule has 0 atom stereocenters. The second-order valence-corrected chi connectivity index (χ2v) is 6.23. The molecule has 0 N–H and O–H groups in total. The van der Waals surface area contributed by atoms with Crippen LogP contribution in [0.2, 0.25) is 0 Å². The Morgan fingerprint density at radius 3 is 1.79 bits per heavy atom. The fraction of sp³-hybridized carbons (Fsp3) is 0.348. The van der Waals surface area contributed by atoms with Crippen LogP contribution in [0.4, 0.5) is 0 Å². The lowest BCUT2D eigenvalue weighted by Crippen LogP contribution is -1.95. The molecule has 0 saturated heterocycles. The molecule has 3 rings (SSSR count). The zero-order valence-corrected chi connectivity index (χ0v) is 16.0. The second-order valence-electron chi connectivity index (χ2n) is 6.23. The molecular weight excluding hydrogens is 290 g/mol. The van der Waals surface area contributed by atoms with Crippen molar-refractivity contribution < 1.29 is 0 Å². The van der Waals surface area contributed by atoms with E-state index in [2.05, 4.69) is 69.1 Å². The van der Waals surface area contributed by atoms with E-state index in [4.69, 9.17) is 0 Å². The Labute approximate surface area is 147 Å². The highest BCUT2D eigenvalue weighted by molar-refractivity contribution is 5.94. The van der Waals surface area contributed by atoms with Gasteiger partial charge in [0.1, 0.15) is 0 Å². The summed E-state index contributed by atoms with van der Waals surface area (Å²) in [6.45, 7) is 13.0. The van der Waals surface area contributed by atoms with Crippen molar-refractivity contribution in [2.45, 2.75) is 41.5 Å². The molecule has 0 saturated carbocycles. The molecule has 3 aromatic rings. The van der Waals surface area contributed by atoms with Crippen molar-refractivity contribution in [1.82, 2.24) is 4.98 Å². The summed E-state index contributed by atoms with van der Waals surface area (Å²) in [6, 6.07) is 20.7. The first-order valence-corrected chi connectivity index (χ1v) is 8.98. The lowest BCUT2D eigenvalue weighted by Gasteiger charge is -2.05. The first-order valence-electron chi connectivity index (χ1n) is 8.98. The van der Waals surface area contributed by atoms with E-state index < -0.39 is 0 Å². The maximum absolute atomic E-state index is 4.48. The standard InChI is InChI=1S/C15H11N.C6H14.C2H6/c1-2-7-13(8-3-1)15-14-9-5-4-6-12(14)10-11-16-15;1-5(2)6(3)4;1-2/h1-11H;5-6H,1-4H3;1-2H3. The van der Waals surface area contributed by atoms with Crippen molar-refractivity contribution in [3.8, 4) is 11.3 Å². The Balaban J connectivity index is 0.000000309. The van der Waals surface area contributed by atoms with Gasteiger partial charge in [-0.25, -0.2) is 0 Å². The van der Waals surface area contributed by atoms with Crippen molar-refractivity contribution in [2.75, 3.05) is 0 Å². The third-order valence-corrected chi connectivity index (χ3v) is 4.05. The third kappa shape index (κ3) is 5.81. The molecule has 0 aliphatic heterocycles. The van der Waals surface area contributed by atoms with Crippen molar-refractivity contribution in [3.63, 3.8) is 0 Å². The largest absolute Gasteiger partial charge is 0.256 e. The minimum atomic E-state index is 0.852. The van der Waals surface area contributed by atoms with Crippen molar-refractivity contribution >= 4 is 10.8 Å². The zero-order valence-electron chi connectivity index (χ0n) is 16.0. The van der Waals surface area contributed by atoms with Crippen LogP contribution < -0.4 is 0 Å². The molecule has 128 valence electrons. The SMILES string of the molecule is CC.CC(C)C(C)C.c1ccc(-c2nccc3ccccc23)cc1. The van der Waals surface area contributed by atoms with Gasteiger partial charge >= 0.3 is 0 Å². The minimum Gasteiger partial charge on any atom is -0.256 e. The highest BCUT2D eigenvalue weighted by atomic mass is 14.7. The van der Waals surface area contributed by atoms with Gasteiger partial charge in [-0.2, -0.15) is 0 Å². The molecule has 0 bridgehead atoms. The molecular formula is C23H31N. The lowest BCUT2D eigenvalue weighted by molar-refractivity contribution is 0.457. The van der Waals surface area contributed by atoms with Gasteiger partial charge in [-0.1, -0.05) is 96.1 Å². The number of benzene rings is 2. The predicted molar refractivity (Wildman–Crippen MR) is 108 cm³/mol. The fourth-order valence-corrected chi connectivity index (χ4v) is 1.95. The van der Waals surface area contributed by atoms with Gasteiger partial charge in [-0.3, -0.25) is 4.98 Å². The predicted octanol–water partition coefficient (Wildman–Crippen LogP) is 7.23. The van der Waals surface area contributed by atoms with Crippen molar-refractivity contribution in [2.24, 2.45) is 11.8 Å². The summed E-state index contributed by atoms with van der Waals surface area (Å²) >= 11 is 0. The van der Waals surface area contributed by atoms with Crippen LogP contribution in [0, 0.1) is 11.8 Å². The molecule has 0 spiro atoms. The average Bonchev–Trinajstić information content (AvgIpc) is 2.64. The van der Waals surface area contributed by atoms with Crippen LogP contribution in [0.3, 0.4) is 0 Å². The van der Waals surface area contributed by atoms with Gasteiger partial charge in [-0.15, -0.1) is 0 Å². The van der Waals surface area contributed by atoms with Crippen molar-refractivity contribution in [1.29, 1.82) is 0 Å². The summed E-state index contributed by atoms with van der Waals surface area (Å²) in [4.78, 5) is 4.48. The topological polar surface area (TPSA) is 12.9 Å². The first-order chi connectivity index (χ1) is 11.6. The van der Waals surface area contributed by atoms with Crippen LogP contribution in [-0.2, 0) is 0 Å². The number of pyridine rings is 1. The lowest BCUT2D eigenvalue weighted by atomic mass is 10.0. The summed E-state index contributed by atoms with van der Waals surface area (Å²) in [5, 5.41) is 2.44. The Morgan fingerprint density at radius 1 is 0.667 bits per heavy atom. The molecule has 0 fully saturated rings. The molecule has 1 heteroatoms. The molecule has 0 amide bonds. The van der Waals surface area contributed by atoms with Gasteiger partial charge in [-0.05, 0) is 23.3 Å². The van der Waals surface area contributed by atoms with Crippen LogP contribution in [0.5, 0.6) is 0 Å². The van der Waals surface area contributed by atoms with Crippen LogP contribution in [0.1, 0.15) is 41.5 Å². The zero-order chi connectivity index (χ0) is 17.9. The number of hydrogen-bond donors (Lipinski definition) is 0. The number of nitrogens with zero attached hydrogens (tertiary/aromatic N) is 1. The van der Waals surface area contributed by atoms with E-state index in [1.165, 1.54) is 16.3 Å². The van der Waals surface area contributed by atoms with E-state index in [0.29, 0.717) is 0 Å². The van der Waals surface area contributed by atoms with Crippen LogP contribution in [-0.4, -0.2) is 4.98 Å².